The standard InChI is InChI=1S/C30H34N8O3/c1-2-25-26(35-30(39)41-14-6-11-36-12-15-40-16-13-36)20-38-28(25)29(31-21-33-38)34-24-9-10-27-23(17-24)18-32-37(27)19-22-7-4-3-5-8-22/h3-5,7-10,17-18,20-21H,2,6,11-16,19H2,1H3,(H,35,39)(H,31,33,34). The minimum atomic E-state index is -0.474. The Morgan fingerprint density at radius 3 is 2.78 bits per heavy atom. The number of hydrogen-bond donors (Lipinski definition) is 2. The van der Waals surface area contributed by atoms with Crippen molar-refractivity contribution in [3.05, 3.63) is 78.4 Å². The minimum absolute atomic E-state index is 0.356. The fraction of sp³-hybridized carbons (Fsp3) is 0.333. The molecule has 0 bridgehead atoms. The zero-order valence-corrected chi connectivity index (χ0v) is 23.1. The fourth-order valence-electron chi connectivity index (χ4n) is 5.24. The Bertz CT molecular complexity index is 1630. The van der Waals surface area contributed by atoms with Crippen LogP contribution in [0.1, 0.15) is 24.5 Å². The Balaban J connectivity index is 1.14. The predicted octanol–water partition coefficient (Wildman–Crippen LogP) is 4.70. The molecule has 0 radical (unpaired) electrons. The molecule has 41 heavy (non-hydrogen) atoms. The van der Waals surface area contributed by atoms with E-state index in [1.807, 2.05) is 42.1 Å². The molecule has 1 fully saturated rings. The van der Waals surface area contributed by atoms with E-state index in [1.54, 1.807) is 10.7 Å². The van der Waals surface area contributed by atoms with E-state index in [0.717, 1.165) is 66.9 Å². The number of ether oxygens (including phenoxy) is 2. The van der Waals surface area contributed by atoms with Crippen LogP contribution >= 0.6 is 0 Å². The monoisotopic (exact) mass is 554 g/mol. The van der Waals surface area contributed by atoms with Crippen LogP contribution in [0.15, 0.2) is 67.3 Å². The first-order valence-corrected chi connectivity index (χ1v) is 14.0. The molecule has 2 aromatic carbocycles. The van der Waals surface area contributed by atoms with Crippen LogP contribution in [0.3, 0.4) is 0 Å². The number of anilines is 3. The summed E-state index contributed by atoms with van der Waals surface area (Å²) in [7, 11) is 0. The second kappa shape index (κ2) is 12.4. The van der Waals surface area contributed by atoms with E-state index in [-0.39, 0.29) is 0 Å². The number of rotatable bonds is 10. The van der Waals surface area contributed by atoms with Crippen LogP contribution in [0, 0.1) is 0 Å². The molecule has 6 rings (SSSR count). The van der Waals surface area contributed by atoms with Gasteiger partial charge in [-0.3, -0.25) is 14.9 Å². The van der Waals surface area contributed by atoms with E-state index in [4.69, 9.17) is 9.47 Å². The summed E-state index contributed by atoms with van der Waals surface area (Å²) in [4.78, 5) is 19.4. The SMILES string of the molecule is CCc1c(NC(=O)OCCCN2CCOCC2)cn2ncnc(Nc3ccc4c(cnn4Cc4ccccc4)c3)c12. The van der Waals surface area contributed by atoms with Crippen molar-refractivity contribution in [1.82, 2.24) is 29.3 Å². The molecule has 1 amide bonds. The number of fused-ring (bicyclic) bond motifs is 2. The third-order valence-electron chi connectivity index (χ3n) is 7.30. The normalized spacial score (nSPS) is 14.0. The van der Waals surface area contributed by atoms with Gasteiger partial charge in [-0.25, -0.2) is 14.3 Å². The first kappa shape index (κ1) is 26.7. The van der Waals surface area contributed by atoms with Gasteiger partial charge in [0.1, 0.15) is 11.8 Å². The predicted molar refractivity (Wildman–Crippen MR) is 158 cm³/mol. The molecule has 0 atom stereocenters. The first-order valence-electron chi connectivity index (χ1n) is 14.0. The number of carbonyl (C=O) groups is 1. The van der Waals surface area contributed by atoms with E-state index < -0.39 is 6.09 Å². The summed E-state index contributed by atoms with van der Waals surface area (Å²) in [5, 5.41) is 16.4. The lowest BCUT2D eigenvalue weighted by Crippen LogP contribution is -2.37. The number of morpholine rings is 1. The highest BCUT2D eigenvalue weighted by Gasteiger charge is 2.18. The van der Waals surface area contributed by atoms with Gasteiger partial charge in [0.25, 0.3) is 0 Å². The molecular weight excluding hydrogens is 520 g/mol. The molecule has 5 aromatic rings. The number of amides is 1. The maximum atomic E-state index is 12.6. The van der Waals surface area contributed by atoms with E-state index in [1.165, 1.54) is 11.9 Å². The van der Waals surface area contributed by atoms with Gasteiger partial charge in [-0.1, -0.05) is 37.3 Å². The molecule has 2 N–H and O–H groups in total. The Morgan fingerprint density at radius 1 is 1.10 bits per heavy atom. The number of nitrogens with zero attached hydrogens (tertiary/aromatic N) is 6. The zero-order valence-electron chi connectivity index (χ0n) is 23.1. The Morgan fingerprint density at radius 2 is 1.95 bits per heavy atom. The lowest BCUT2D eigenvalue weighted by Gasteiger charge is -2.26. The molecule has 0 spiro atoms. The average molecular weight is 555 g/mol. The first-order chi connectivity index (χ1) is 20.2. The van der Waals surface area contributed by atoms with Crippen LogP contribution in [-0.4, -0.2) is 74.8 Å². The summed E-state index contributed by atoms with van der Waals surface area (Å²) < 4.78 is 14.6. The molecule has 1 aliphatic heterocycles. The van der Waals surface area contributed by atoms with Crippen LogP contribution in [0.4, 0.5) is 22.0 Å². The van der Waals surface area contributed by atoms with E-state index in [9.17, 15) is 4.79 Å². The van der Waals surface area contributed by atoms with Gasteiger partial charge in [0.2, 0.25) is 0 Å². The van der Waals surface area contributed by atoms with Gasteiger partial charge < -0.3 is 14.8 Å². The number of aryl methyl sites for hydroxylation is 1. The van der Waals surface area contributed by atoms with Gasteiger partial charge in [0.05, 0.1) is 50.0 Å². The van der Waals surface area contributed by atoms with Gasteiger partial charge in [-0.2, -0.15) is 10.2 Å². The Labute approximate surface area is 238 Å². The van der Waals surface area contributed by atoms with Gasteiger partial charge in [-0.15, -0.1) is 0 Å². The molecule has 3 aromatic heterocycles. The second-order valence-corrected chi connectivity index (χ2v) is 10.0. The third kappa shape index (κ3) is 6.16. The van der Waals surface area contributed by atoms with Crippen LogP contribution in [0.2, 0.25) is 0 Å². The quantitative estimate of drug-likeness (QED) is 0.239. The number of aromatic nitrogens is 5. The smallest absolute Gasteiger partial charge is 0.411 e. The fourth-order valence-corrected chi connectivity index (χ4v) is 5.24. The number of nitrogens with one attached hydrogen (secondary N) is 2. The Hall–Kier alpha value is -4.48. The average Bonchev–Trinajstić information content (AvgIpc) is 3.57. The van der Waals surface area contributed by atoms with Gasteiger partial charge in [-0.05, 0) is 36.6 Å². The highest BCUT2D eigenvalue weighted by atomic mass is 16.5. The molecule has 212 valence electrons. The maximum absolute atomic E-state index is 12.6. The topological polar surface area (TPSA) is 111 Å². The molecule has 0 aliphatic carbocycles. The summed E-state index contributed by atoms with van der Waals surface area (Å²) in [6.45, 7) is 7.36. The van der Waals surface area contributed by atoms with Crippen molar-refractivity contribution in [1.29, 1.82) is 0 Å². The van der Waals surface area contributed by atoms with Gasteiger partial charge in [0, 0.05) is 36.3 Å². The van der Waals surface area contributed by atoms with Gasteiger partial charge in [0.15, 0.2) is 5.82 Å². The Kier molecular flexibility index (Phi) is 8.06. The third-order valence-corrected chi connectivity index (χ3v) is 7.30. The van der Waals surface area contributed by atoms with Crippen molar-refractivity contribution >= 4 is 39.7 Å². The van der Waals surface area contributed by atoms with Gasteiger partial charge >= 0.3 is 6.09 Å². The molecule has 11 nitrogen and oxygen atoms in total. The minimum Gasteiger partial charge on any atom is -0.449 e. The van der Waals surface area contributed by atoms with E-state index in [2.05, 4.69) is 55.0 Å². The molecule has 11 heteroatoms. The van der Waals surface area contributed by atoms with Crippen LogP contribution in [-0.2, 0) is 22.4 Å². The summed E-state index contributed by atoms with van der Waals surface area (Å²) in [5.74, 6) is 0.653. The van der Waals surface area contributed by atoms with Crippen molar-refractivity contribution in [2.24, 2.45) is 0 Å². The molecule has 0 saturated carbocycles. The van der Waals surface area contributed by atoms with E-state index >= 15 is 0 Å². The van der Waals surface area contributed by atoms with Crippen molar-refractivity contribution in [2.75, 3.05) is 50.1 Å². The van der Waals surface area contributed by atoms with Crippen molar-refractivity contribution in [3.8, 4) is 0 Å². The van der Waals surface area contributed by atoms with Crippen LogP contribution < -0.4 is 10.6 Å². The molecule has 0 unspecified atom stereocenters. The van der Waals surface area contributed by atoms with E-state index in [0.29, 0.717) is 31.1 Å². The van der Waals surface area contributed by atoms with Crippen molar-refractivity contribution in [3.63, 3.8) is 0 Å². The largest absolute Gasteiger partial charge is 0.449 e. The summed E-state index contributed by atoms with van der Waals surface area (Å²) in [6, 6.07) is 16.4. The highest BCUT2D eigenvalue weighted by molar-refractivity contribution is 5.91. The maximum Gasteiger partial charge on any atom is 0.411 e. The number of carbonyl (C=O) groups excluding carboxylic acids is 1. The summed E-state index contributed by atoms with van der Waals surface area (Å²) >= 11 is 0. The number of benzene rings is 2. The zero-order chi connectivity index (χ0) is 28.0. The lowest BCUT2D eigenvalue weighted by molar-refractivity contribution is 0.0348. The molecule has 1 saturated heterocycles. The van der Waals surface area contributed by atoms with Crippen molar-refractivity contribution < 1.29 is 14.3 Å². The summed E-state index contributed by atoms with van der Waals surface area (Å²) in [5.41, 5.74) is 5.53. The van der Waals surface area contributed by atoms with Crippen LogP contribution in [0.5, 0.6) is 0 Å². The van der Waals surface area contributed by atoms with Crippen molar-refractivity contribution in [2.45, 2.75) is 26.3 Å². The molecular formula is C30H34N8O3. The lowest BCUT2D eigenvalue weighted by atomic mass is 10.2. The number of hydrogen-bond acceptors (Lipinski definition) is 8. The highest BCUT2D eigenvalue weighted by Crippen LogP contribution is 2.30. The molecule has 4 heterocycles. The van der Waals surface area contributed by atoms with Crippen LogP contribution in [0.25, 0.3) is 16.4 Å². The summed E-state index contributed by atoms with van der Waals surface area (Å²) in [6.07, 6.45) is 6.16. The second-order valence-electron chi connectivity index (χ2n) is 10.0. The molecule has 1 aliphatic rings.